The first-order chi connectivity index (χ1) is 13.6. The standard InChI is InChI=1S/C21H17Cl2NO2S2/c22-11-3-4-13(23)12(8-11)14-5-6-15(26-14)17-16-9-1-2-10(7-9)18(16)27-20-19(17)28-21(25)24-20/h3-6,8-10,16-18H,1-2,7H2,(H,24,25)/t9-,10-,16-,17-,18-/m1/s1. The van der Waals surface area contributed by atoms with Crippen LogP contribution in [0.5, 0.6) is 0 Å². The van der Waals surface area contributed by atoms with Gasteiger partial charge in [-0.2, -0.15) is 0 Å². The maximum Gasteiger partial charge on any atom is 0.305 e. The minimum Gasteiger partial charge on any atom is -0.460 e. The highest BCUT2D eigenvalue weighted by atomic mass is 35.5. The number of halogens is 2. The lowest BCUT2D eigenvalue weighted by Crippen LogP contribution is -2.33. The van der Waals surface area contributed by atoms with Crippen LogP contribution in [0.3, 0.4) is 0 Å². The predicted octanol–water partition coefficient (Wildman–Crippen LogP) is 6.66. The number of hydrogen-bond donors (Lipinski definition) is 1. The highest BCUT2D eigenvalue weighted by molar-refractivity contribution is 8.00. The molecular formula is C21H17Cl2NO2S2. The lowest BCUT2D eigenvalue weighted by molar-refractivity contribution is 0.285. The molecule has 0 spiro atoms. The van der Waals surface area contributed by atoms with Crippen LogP contribution in [0, 0.1) is 17.8 Å². The number of fused-ring (bicyclic) bond motifs is 6. The van der Waals surface area contributed by atoms with Gasteiger partial charge in [0.25, 0.3) is 0 Å². The number of benzene rings is 1. The molecule has 2 fully saturated rings. The van der Waals surface area contributed by atoms with Crippen LogP contribution in [0.1, 0.15) is 35.8 Å². The number of aromatic amines is 1. The molecule has 144 valence electrons. The molecule has 1 N–H and O–H groups in total. The van der Waals surface area contributed by atoms with Crippen molar-refractivity contribution >= 4 is 46.3 Å². The third-order valence-corrected chi connectivity index (χ3v) is 9.78. The molecule has 2 bridgehead atoms. The summed E-state index contributed by atoms with van der Waals surface area (Å²) in [4.78, 5) is 16.4. The number of H-pyrrole nitrogens is 1. The number of nitrogens with one attached hydrogen (secondary N) is 1. The molecule has 3 heterocycles. The van der Waals surface area contributed by atoms with Crippen molar-refractivity contribution in [1.29, 1.82) is 0 Å². The van der Waals surface area contributed by atoms with E-state index in [1.807, 2.05) is 23.9 Å². The molecular weight excluding hydrogens is 433 g/mol. The Balaban J connectivity index is 1.47. The van der Waals surface area contributed by atoms with Gasteiger partial charge in [0.15, 0.2) is 0 Å². The molecule has 3 nitrogen and oxygen atoms in total. The molecule has 2 aromatic heterocycles. The maximum atomic E-state index is 12.1. The summed E-state index contributed by atoms with van der Waals surface area (Å²) in [6, 6.07) is 9.44. The zero-order valence-electron chi connectivity index (χ0n) is 14.8. The van der Waals surface area contributed by atoms with Crippen molar-refractivity contribution in [2.24, 2.45) is 17.8 Å². The monoisotopic (exact) mass is 449 g/mol. The van der Waals surface area contributed by atoms with Gasteiger partial charge in [0.05, 0.1) is 20.8 Å². The van der Waals surface area contributed by atoms with Gasteiger partial charge in [-0.3, -0.25) is 4.79 Å². The van der Waals surface area contributed by atoms with Crippen molar-refractivity contribution < 1.29 is 4.42 Å². The molecule has 2 aliphatic carbocycles. The number of furan rings is 1. The largest absolute Gasteiger partial charge is 0.460 e. The van der Waals surface area contributed by atoms with E-state index in [9.17, 15) is 4.79 Å². The normalized spacial score (nSPS) is 30.4. The van der Waals surface area contributed by atoms with Crippen molar-refractivity contribution in [2.75, 3.05) is 0 Å². The van der Waals surface area contributed by atoms with E-state index in [4.69, 9.17) is 27.6 Å². The predicted molar refractivity (Wildman–Crippen MR) is 115 cm³/mol. The molecule has 5 atom stereocenters. The Morgan fingerprint density at radius 1 is 1.11 bits per heavy atom. The lowest BCUT2D eigenvalue weighted by Gasteiger charge is -2.38. The lowest BCUT2D eigenvalue weighted by atomic mass is 9.77. The van der Waals surface area contributed by atoms with Gasteiger partial charge in [0.2, 0.25) is 0 Å². The minimum atomic E-state index is 0.0273. The molecule has 3 aliphatic rings. The average molecular weight is 450 g/mol. The van der Waals surface area contributed by atoms with Crippen LogP contribution < -0.4 is 4.87 Å². The summed E-state index contributed by atoms with van der Waals surface area (Å²) in [5.41, 5.74) is 0.803. The molecule has 1 aromatic carbocycles. The van der Waals surface area contributed by atoms with E-state index in [1.165, 1.54) is 30.6 Å². The fourth-order valence-corrected chi connectivity index (χ4v) is 8.78. The first-order valence-corrected chi connectivity index (χ1v) is 12.0. The van der Waals surface area contributed by atoms with E-state index >= 15 is 0 Å². The Kier molecular flexibility index (Phi) is 4.06. The van der Waals surface area contributed by atoms with Crippen molar-refractivity contribution in [3.63, 3.8) is 0 Å². The van der Waals surface area contributed by atoms with Crippen LogP contribution in [0.2, 0.25) is 10.0 Å². The topological polar surface area (TPSA) is 46.0 Å². The van der Waals surface area contributed by atoms with Crippen molar-refractivity contribution in [2.45, 2.75) is 35.5 Å². The summed E-state index contributed by atoms with van der Waals surface area (Å²) in [5.74, 6) is 3.83. The number of aromatic nitrogens is 1. The highest BCUT2D eigenvalue weighted by Crippen LogP contribution is 2.63. The Bertz CT molecular complexity index is 1130. The van der Waals surface area contributed by atoms with Crippen LogP contribution >= 0.6 is 46.3 Å². The summed E-state index contributed by atoms with van der Waals surface area (Å²) in [6.07, 6.45) is 3.92. The summed E-state index contributed by atoms with van der Waals surface area (Å²) < 4.78 is 6.37. The van der Waals surface area contributed by atoms with Crippen LogP contribution in [0.15, 0.2) is 44.6 Å². The van der Waals surface area contributed by atoms with E-state index in [1.54, 1.807) is 12.1 Å². The third kappa shape index (κ3) is 2.59. The van der Waals surface area contributed by atoms with Gasteiger partial charge >= 0.3 is 4.87 Å². The number of thiazole rings is 1. The van der Waals surface area contributed by atoms with Crippen LogP contribution in [0.25, 0.3) is 11.3 Å². The van der Waals surface area contributed by atoms with Crippen LogP contribution in [-0.4, -0.2) is 10.2 Å². The first-order valence-electron chi connectivity index (χ1n) is 9.53. The Morgan fingerprint density at radius 2 is 1.96 bits per heavy atom. The van der Waals surface area contributed by atoms with E-state index in [2.05, 4.69) is 11.1 Å². The number of rotatable bonds is 2. The smallest absolute Gasteiger partial charge is 0.305 e. The Hall–Kier alpha value is -1.14. The van der Waals surface area contributed by atoms with Crippen LogP contribution in [0.4, 0.5) is 0 Å². The van der Waals surface area contributed by atoms with Crippen LogP contribution in [-0.2, 0) is 0 Å². The molecule has 0 saturated heterocycles. The summed E-state index contributed by atoms with van der Waals surface area (Å²) in [6.45, 7) is 0. The van der Waals surface area contributed by atoms with Gasteiger partial charge in [0.1, 0.15) is 11.5 Å². The second-order valence-corrected chi connectivity index (χ2v) is 11.1. The Morgan fingerprint density at radius 3 is 2.86 bits per heavy atom. The molecule has 3 aromatic rings. The van der Waals surface area contributed by atoms with E-state index in [-0.39, 0.29) is 10.8 Å². The molecule has 2 saturated carbocycles. The number of hydrogen-bond acceptors (Lipinski definition) is 4. The van der Waals surface area contributed by atoms with Gasteiger partial charge in [-0.15, -0.1) is 11.8 Å². The van der Waals surface area contributed by atoms with Crippen molar-refractivity contribution in [3.05, 3.63) is 60.7 Å². The SMILES string of the molecule is O=c1[nH]c2c(s1)[C@H](c1ccc(-c3cc(Cl)ccc3Cl)o1)[C@H]1[C@@H]3CC[C@H](C3)[C@H]1S2. The second kappa shape index (κ2) is 6.43. The fraction of sp³-hybridized carbons (Fsp3) is 0.381. The van der Waals surface area contributed by atoms with Gasteiger partial charge in [0, 0.05) is 15.8 Å². The first kappa shape index (κ1) is 17.7. The van der Waals surface area contributed by atoms with Gasteiger partial charge < -0.3 is 9.40 Å². The second-order valence-electron chi connectivity index (χ2n) is 8.00. The molecule has 0 amide bonds. The molecule has 7 heteroatoms. The quantitative estimate of drug-likeness (QED) is 0.475. The third-order valence-electron chi connectivity index (χ3n) is 6.59. The summed E-state index contributed by atoms with van der Waals surface area (Å²) in [7, 11) is 0. The van der Waals surface area contributed by atoms with E-state index < -0.39 is 0 Å². The Labute approximate surface area is 180 Å². The molecule has 28 heavy (non-hydrogen) atoms. The molecule has 1 aliphatic heterocycles. The van der Waals surface area contributed by atoms with Gasteiger partial charge in [-0.25, -0.2) is 0 Å². The van der Waals surface area contributed by atoms with Crippen molar-refractivity contribution in [3.8, 4) is 11.3 Å². The highest BCUT2D eigenvalue weighted by Gasteiger charge is 2.55. The zero-order chi connectivity index (χ0) is 19.0. The molecule has 0 radical (unpaired) electrons. The average Bonchev–Trinajstić information content (AvgIpc) is 3.44. The minimum absolute atomic E-state index is 0.0273. The zero-order valence-corrected chi connectivity index (χ0v) is 17.9. The fourth-order valence-electron chi connectivity index (χ4n) is 5.52. The summed E-state index contributed by atoms with van der Waals surface area (Å²) >= 11 is 15.8. The maximum absolute atomic E-state index is 12.1. The molecule has 6 rings (SSSR count). The van der Waals surface area contributed by atoms with Gasteiger partial charge in [-0.1, -0.05) is 34.5 Å². The number of thioether (sulfide) groups is 1. The van der Waals surface area contributed by atoms with Gasteiger partial charge in [-0.05, 0) is 67.3 Å². The van der Waals surface area contributed by atoms with Crippen molar-refractivity contribution in [1.82, 2.24) is 4.98 Å². The van der Waals surface area contributed by atoms with E-state index in [0.717, 1.165) is 38.8 Å². The summed E-state index contributed by atoms with van der Waals surface area (Å²) in [5, 5.41) is 2.87. The molecule has 0 unspecified atom stereocenters. The van der Waals surface area contributed by atoms with E-state index in [0.29, 0.717) is 21.2 Å².